The first-order chi connectivity index (χ1) is 7.56. The highest BCUT2D eigenvalue weighted by Gasteiger charge is 2.28. The van der Waals surface area contributed by atoms with E-state index in [1.807, 2.05) is 20.8 Å². The molecule has 1 rings (SSSR count). The van der Waals surface area contributed by atoms with Crippen LogP contribution in [0.25, 0.3) is 0 Å². The molecule has 0 aromatic carbocycles. The molecular formula is C11H18N2O2S. The zero-order valence-electron chi connectivity index (χ0n) is 9.91. The number of aliphatic hydroxyl groups excluding tert-OH is 1. The molecule has 90 valence electrons. The fourth-order valence-electron chi connectivity index (χ4n) is 1.46. The molecule has 4 nitrogen and oxygen atoms in total. The average Bonchev–Trinajstić information content (AvgIpc) is 2.73. The first-order valence-corrected chi connectivity index (χ1v) is 6.24. The van der Waals surface area contributed by atoms with Gasteiger partial charge in [0.1, 0.15) is 4.88 Å². The van der Waals surface area contributed by atoms with Crippen LogP contribution in [0, 0.1) is 6.92 Å². The molecule has 16 heavy (non-hydrogen) atoms. The lowest BCUT2D eigenvalue weighted by molar-refractivity contribution is 0.0821. The summed E-state index contributed by atoms with van der Waals surface area (Å²) in [5.41, 5.74) is -0.505. The Hall–Kier alpha value is -0.940. The van der Waals surface area contributed by atoms with Crippen LogP contribution in [0.4, 0.5) is 0 Å². The first kappa shape index (κ1) is 13.1. The molecule has 0 saturated heterocycles. The van der Waals surface area contributed by atoms with Crippen LogP contribution in [0.15, 0.2) is 6.20 Å². The van der Waals surface area contributed by atoms with Crippen molar-refractivity contribution in [3.8, 4) is 0 Å². The summed E-state index contributed by atoms with van der Waals surface area (Å²) in [5.74, 6) is -0.150. The molecule has 0 aliphatic rings. The summed E-state index contributed by atoms with van der Waals surface area (Å²) in [7, 11) is 0. The van der Waals surface area contributed by atoms with Gasteiger partial charge in [0.25, 0.3) is 5.91 Å². The van der Waals surface area contributed by atoms with E-state index in [4.69, 9.17) is 0 Å². The van der Waals surface area contributed by atoms with Gasteiger partial charge in [0.2, 0.25) is 0 Å². The molecule has 0 saturated carbocycles. The standard InChI is InChI=1S/C11H18N2O2S/c1-4-11(5-2,7-14)13-10(15)9-6-12-8(3)16-9/h6,14H,4-5,7H2,1-3H3,(H,13,15). The fraction of sp³-hybridized carbons (Fsp3) is 0.636. The molecular weight excluding hydrogens is 224 g/mol. The molecule has 1 aromatic rings. The second kappa shape index (κ2) is 5.41. The molecule has 0 aliphatic carbocycles. The maximum Gasteiger partial charge on any atom is 0.263 e. The minimum absolute atomic E-state index is 0.0382. The van der Waals surface area contributed by atoms with Crippen molar-refractivity contribution in [1.82, 2.24) is 10.3 Å². The van der Waals surface area contributed by atoms with Crippen LogP contribution in [0.2, 0.25) is 0 Å². The Kier molecular flexibility index (Phi) is 4.44. The van der Waals surface area contributed by atoms with Crippen LogP contribution < -0.4 is 5.32 Å². The molecule has 0 spiro atoms. The summed E-state index contributed by atoms with van der Waals surface area (Å²) in [4.78, 5) is 16.5. The van der Waals surface area contributed by atoms with Crippen LogP contribution >= 0.6 is 11.3 Å². The molecule has 0 bridgehead atoms. The molecule has 2 N–H and O–H groups in total. The van der Waals surface area contributed by atoms with Gasteiger partial charge in [-0.25, -0.2) is 4.98 Å². The maximum absolute atomic E-state index is 11.9. The van der Waals surface area contributed by atoms with Crippen molar-refractivity contribution in [2.45, 2.75) is 39.2 Å². The van der Waals surface area contributed by atoms with Crippen LogP contribution in [-0.4, -0.2) is 28.1 Å². The molecule has 1 heterocycles. The molecule has 0 unspecified atom stereocenters. The highest BCUT2D eigenvalue weighted by Crippen LogP contribution is 2.17. The first-order valence-electron chi connectivity index (χ1n) is 5.42. The van der Waals surface area contributed by atoms with Crippen LogP contribution in [0.5, 0.6) is 0 Å². The molecule has 1 aromatic heterocycles. The van der Waals surface area contributed by atoms with Crippen molar-refractivity contribution in [3.63, 3.8) is 0 Å². The average molecular weight is 242 g/mol. The summed E-state index contributed by atoms with van der Waals surface area (Å²) < 4.78 is 0. The van der Waals surface area contributed by atoms with E-state index in [-0.39, 0.29) is 12.5 Å². The molecule has 0 aliphatic heterocycles. The van der Waals surface area contributed by atoms with Gasteiger partial charge in [0, 0.05) is 0 Å². The number of carbonyl (C=O) groups excluding carboxylic acids is 1. The minimum atomic E-state index is -0.505. The van der Waals surface area contributed by atoms with E-state index in [1.165, 1.54) is 11.3 Å². The normalized spacial score (nSPS) is 11.5. The van der Waals surface area contributed by atoms with Gasteiger partial charge < -0.3 is 10.4 Å². The van der Waals surface area contributed by atoms with Crippen molar-refractivity contribution in [2.75, 3.05) is 6.61 Å². The number of nitrogens with zero attached hydrogens (tertiary/aromatic N) is 1. The number of aromatic nitrogens is 1. The zero-order chi connectivity index (χ0) is 12.2. The molecule has 5 heteroatoms. The maximum atomic E-state index is 11.9. The largest absolute Gasteiger partial charge is 0.394 e. The Balaban J connectivity index is 2.76. The van der Waals surface area contributed by atoms with E-state index in [9.17, 15) is 9.90 Å². The monoisotopic (exact) mass is 242 g/mol. The van der Waals surface area contributed by atoms with E-state index in [0.29, 0.717) is 17.7 Å². The third-order valence-corrected chi connectivity index (χ3v) is 3.79. The number of carbonyl (C=O) groups is 1. The zero-order valence-corrected chi connectivity index (χ0v) is 10.7. The molecule has 0 fully saturated rings. The smallest absolute Gasteiger partial charge is 0.263 e. The summed E-state index contributed by atoms with van der Waals surface area (Å²) in [6.45, 7) is 5.74. The molecule has 1 amide bonds. The van der Waals surface area contributed by atoms with Gasteiger partial charge in [-0.05, 0) is 19.8 Å². The third kappa shape index (κ3) is 2.80. The number of hydrogen-bond acceptors (Lipinski definition) is 4. The SMILES string of the molecule is CCC(CC)(CO)NC(=O)c1cnc(C)s1. The van der Waals surface area contributed by atoms with E-state index in [1.54, 1.807) is 6.20 Å². The van der Waals surface area contributed by atoms with Crippen molar-refractivity contribution in [2.24, 2.45) is 0 Å². The van der Waals surface area contributed by atoms with Gasteiger partial charge >= 0.3 is 0 Å². The Morgan fingerprint density at radius 3 is 2.56 bits per heavy atom. The van der Waals surface area contributed by atoms with Gasteiger partial charge in [0.15, 0.2) is 0 Å². The van der Waals surface area contributed by atoms with Gasteiger partial charge in [0.05, 0.1) is 23.4 Å². The lowest BCUT2D eigenvalue weighted by atomic mass is 9.94. The lowest BCUT2D eigenvalue weighted by Gasteiger charge is -2.30. The molecule has 0 radical (unpaired) electrons. The number of aryl methyl sites for hydroxylation is 1. The summed E-state index contributed by atoms with van der Waals surface area (Å²) >= 11 is 1.36. The van der Waals surface area contributed by atoms with E-state index >= 15 is 0 Å². The predicted molar refractivity (Wildman–Crippen MR) is 64.7 cm³/mol. The van der Waals surface area contributed by atoms with Gasteiger partial charge in [-0.1, -0.05) is 13.8 Å². The fourth-order valence-corrected chi connectivity index (χ4v) is 2.13. The van der Waals surface area contributed by atoms with Crippen molar-refractivity contribution >= 4 is 17.2 Å². The number of amides is 1. The topological polar surface area (TPSA) is 62.2 Å². The van der Waals surface area contributed by atoms with Gasteiger partial charge in [-0.3, -0.25) is 4.79 Å². The molecule has 0 atom stereocenters. The number of aliphatic hydroxyl groups is 1. The predicted octanol–water partition coefficient (Wildman–Crippen LogP) is 1.73. The number of rotatable bonds is 5. The summed E-state index contributed by atoms with van der Waals surface area (Å²) in [5, 5.41) is 13.1. The highest BCUT2D eigenvalue weighted by atomic mass is 32.1. The number of nitrogens with one attached hydrogen (secondary N) is 1. The van der Waals surface area contributed by atoms with Crippen molar-refractivity contribution in [3.05, 3.63) is 16.1 Å². The van der Waals surface area contributed by atoms with Crippen molar-refractivity contribution < 1.29 is 9.90 Å². The van der Waals surface area contributed by atoms with Crippen LogP contribution in [0.3, 0.4) is 0 Å². The quantitative estimate of drug-likeness (QED) is 0.826. The number of thiazole rings is 1. The minimum Gasteiger partial charge on any atom is -0.394 e. The second-order valence-corrected chi connectivity index (χ2v) is 5.08. The number of hydrogen-bond donors (Lipinski definition) is 2. The Morgan fingerprint density at radius 1 is 1.56 bits per heavy atom. The van der Waals surface area contributed by atoms with Crippen LogP contribution in [0.1, 0.15) is 41.4 Å². The lowest BCUT2D eigenvalue weighted by Crippen LogP contribution is -2.50. The van der Waals surface area contributed by atoms with Gasteiger partial charge in [-0.2, -0.15) is 0 Å². The second-order valence-electron chi connectivity index (χ2n) is 3.84. The van der Waals surface area contributed by atoms with E-state index in [0.717, 1.165) is 5.01 Å². The Bertz CT molecular complexity index is 350. The Labute approximate surface area is 99.7 Å². The van der Waals surface area contributed by atoms with Crippen molar-refractivity contribution in [1.29, 1.82) is 0 Å². The third-order valence-electron chi connectivity index (χ3n) is 2.88. The van der Waals surface area contributed by atoms with Gasteiger partial charge in [-0.15, -0.1) is 11.3 Å². The summed E-state index contributed by atoms with van der Waals surface area (Å²) in [6.07, 6.45) is 3.00. The summed E-state index contributed by atoms with van der Waals surface area (Å²) in [6, 6.07) is 0. The van der Waals surface area contributed by atoms with E-state index < -0.39 is 5.54 Å². The van der Waals surface area contributed by atoms with Crippen LogP contribution in [-0.2, 0) is 0 Å². The highest BCUT2D eigenvalue weighted by molar-refractivity contribution is 7.13. The Morgan fingerprint density at radius 2 is 2.19 bits per heavy atom. The van der Waals surface area contributed by atoms with E-state index in [2.05, 4.69) is 10.3 Å².